The first-order valence-corrected chi connectivity index (χ1v) is 8.99. The lowest BCUT2D eigenvalue weighted by Gasteiger charge is -2.17. The largest absolute Gasteiger partial charge is 0.351 e. The van der Waals surface area contributed by atoms with Gasteiger partial charge in [-0.3, -0.25) is 4.79 Å². The van der Waals surface area contributed by atoms with Gasteiger partial charge in [-0.05, 0) is 40.7 Å². The van der Waals surface area contributed by atoms with Gasteiger partial charge >= 0.3 is 0 Å². The summed E-state index contributed by atoms with van der Waals surface area (Å²) in [6.45, 7) is 0. The van der Waals surface area contributed by atoms with Crippen LogP contribution in [0.25, 0.3) is 11.1 Å². The summed E-state index contributed by atoms with van der Waals surface area (Å²) in [5.74, 6) is -0.115. The molecule has 3 aromatic rings. The fourth-order valence-electron chi connectivity index (χ4n) is 3.62. The van der Waals surface area contributed by atoms with Gasteiger partial charge in [-0.2, -0.15) is 0 Å². The summed E-state index contributed by atoms with van der Waals surface area (Å²) in [6.07, 6.45) is 1.75. The molecule has 0 aliphatic heterocycles. The van der Waals surface area contributed by atoms with Crippen LogP contribution in [0.3, 0.4) is 0 Å². The maximum absolute atomic E-state index is 12.6. The van der Waals surface area contributed by atoms with Crippen molar-refractivity contribution in [2.24, 2.45) is 5.73 Å². The van der Waals surface area contributed by atoms with Crippen LogP contribution in [0.4, 0.5) is 0 Å². The van der Waals surface area contributed by atoms with Crippen molar-refractivity contribution < 1.29 is 4.79 Å². The van der Waals surface area contributed by atoms with Gasteiger partial charge in [-0.15, -0.1) is 0 Å². The van der Waals surface area contributed by atoms with Crippen molar-refractivity contribution in [3.63, 3.8) is 0 Å². The number of benzene rings is 3. The normalized spacial score (nSPS) is 14.7. The standard InChI is InChI=1S/C23H22N2O/c24-22(18-12-10-17(11-13-18)16-6-2-1-3-7-16)23(26)25-21-14-19-8-4-5-9-20(19)15-21/h1-13,21-22H,14-15,24H2,(H,25,26). The van der Waals surface area contributed by atoms with Gasteiger partial charge in [0.1, 0.15) is 6.04 Å². The van der Waals surface area contributed by atoms with Crippen LogP contribution >= 0.6 is 0 Å². The van der Waals surface area contributed by atoms with E-state index in [1.165, 1.54) is 11.1 Å². The molecule has 1 amide bonds. The van der Waals surface area contributed by atoms with E-state index in [1.54, 1.807) is 0 Å². The smallest absolute Gasteiger partial charge is 0.241 e. The Bertz CT molecular complexity index is 878. The Labute approximate surface area is 153 Å². The Morgan fingerprint density at radius 3 is 1.96 bits per heavy atom. The second-order valence-electron chi connectivity index (χ2n) is 6.85. The number of nitrogens with one attached hydrogen (secondary N) is 1. The number of carbonyl (C=O) groups is 1. The zero-order valence-electron chi connectivity index (χ0n) is 14.6. The molecule has 0 saturated carbocycles. The van der Waals surface area contributed by atoms with Gasteiger partial charge in [-0.25, -0.2) is 0 Å². The predicted molar refractivity (Wildman–Crippen MR) is 105 cm³/mol. The fourth-order valence-corrected chi connectivity index (χ4v) is 3.62. The lowest BCUT2D eigenvalue weighted by Crippen LogP contribution is -2.41. The second-order valence-corrected chi connectivity index (χ2v) is 6.85. The van der Waals surface area contributed by atoms with Crippen molar-refractivity contribution in [3.05, 3.63) is 95.6 Å². The molecule has 26 heavy (non-hydrogen) atoms. The summed E-state index contributed by atoms with van der Waals surface area (Å²) in [6, 6.07) is 25.9. The van der Waals surface area contributed by atoms with Gasteiger partial charge < -0.3 is 11.1 Å². The number of fused-ring (bicyclic) bond motifs is 1. The van der Waals surface area contributed by atoms with Gasteiger partial charge in [0.2, 0.25) is 5.91 Å². The molecule has 1 unspecified atom stereocenters. The Morgan fingerprint density at radius 1 is 0.808 bits per heavy atom. The van der Waals surface area contributed by atoms with Crippen LogP contribution < -0.4 is 11.1 Å². The summed E-state index contributed by atoms with van der Waals surface area (Å²) in [5, 5.41) is 3.11. The van der Waals surface area contributed by atoms with Crippen LogP contribution in [-0.4, -0.2) is 11.9 Å². The third kappa shape index (κ3) is 3.39. The minimum atomic E-state index is -0.650. The number of carbonyl (C=O) groups excluding carboxylic acids is 1. The maximum Gasteiger partial charge on any atom is 0.241 e. The molecule has 3 nitrogen and oxygen atoms in total. The van der Waals surface area contributed by atoms with E-state index in [2.05, 4.69) is 29.6 Å². The van der Waals surface area contributed by atoms with Crippen LogP contribution in [0.15, 0.2) is 78.9 Å². The van der Waals surface area contributed by atoms with E-state index in [1.807, 2.05) is 54.6 Å². The molecule has 0 saturated heterocycles. The Morgan fingerprint density at radius 2 is 1.35 bits per heavy atom. The molecule has 0 radical (unpaired) electrons. The first-order valence-electron chi connectivity index (χ1n) is 8.99. The van der Waals surface area contributed by atoms with E-state index in [0.717, 1.165) is 29.5 Å². The third-order valence-electron chi connectivity index (χ3n) is 5.06. The van der Waals surface area contributed by atoms with Crippen molar-refractivity contribution >= 4 is 5.91 Å². The van der Waals surface area contributed by atoms with E-state index in [-0.39, 0.29) is 11.9 Å². The predicted octanol–water partition coefficient (Wildman–Crippen LogP) is 3.64. The Balaban J connectivity index is 1.41. The highest BCUT2D eigenvalue weighted by atomic mass is 16.2. The van der Waals surface area contributed by atoms with Gasteiger partial charge in [0.15, 0.2) is 0 Å². The summed E-state index contributed by atoms with van der Waals surface area (Å²) in [4.78, 5) is 12.6. The molecule has 1 aliphatic rings. The molecular formula is C23H22N2O. The van der Waals surface area contributed by atoms with Crippen molar-refractivity contribution in [2.75, 3.05) is 0 Å². The van der Waals surface area contributed by atoms with E-state index in [4.69, 9.17) is 5.73 Å². The monoisotopic (exact) mass is 342 g/mol. The van der Waals surface area contributed by atoms with Gasteiger partial charge in [0.05, 0.1) is 0 Å². The lowest BCUT2D eigenvalue weighted by atomic mass is 10.0. The Kier molecular flexibility index (Phi) is 4.55. The molecule has 0 heterocycles. The molecule has 0 fully saturated rings. The average molecular weight is 342 g/mol. The van der Waals surface area contributed by atoms with Crippen LogP contribution in [0.5, 0.6) is 0 Å². The zero-order valence-corrected chi connectivity index (χ0v) is 14.6. The highest BCUT2D eigenvalue weighted by Gasteiger charge is 2.25. The molecule has 3 aromatic carbocycles. The number of rotatable bonds is 4. The van der Waals surface area contributed by atoms with E-state index in [9.17, 15) is 4.79 Å². The van der Waals surface area contributed by atoms with Crippen molar-refractivity contribution in [1.82, 2.24) is 5.32 Å². The quantitative estimate of drug-likeness (QED) is 0.760. The summed E-state index contributed by atoms with van der Waals surface area (Å²) < 4.78 is 0. The minimum absolute atomic E-state index is 0.115. The highest BCUT2D eigenvalue weighted by molar-refractivity contribution is 5.83. The first-order chi connectivity index (χ1) is 12.7. The van der Waals surface area contributed by atoms with Crippen molar-refractivity contribution in [1.29, 1.82) is 0 Å². The van der Waals surface area contributed by atoms with Crippen LogP contribution in [0.1, 0.15) is 22.7 Å². The van der Waals surface area contributed by atoms with Crippen LogP contribution in [-0.2, 0) is 17.6 Å². The topological polar surface area (TPSA) is 55.1 Å². The lowest BCUT2D eigenvalue weighted by molar-refractivity contribution is -0.123. The molecule has 3 N–H and O–H groups in total. The minimum Gasteiger partial charge on any atom is -0.351 e. The van der Waals surface area contributed by atoms with Crippen molar-refractivity contribution in [3.8, 4) is 11.1 Å². The van der Waals surface area contributed by atoms with E-state index in [0.29, 0.717) is 0 Å². The zero-order chi connectivity index (χ0) is 17.9. The molecule has 1 aliphatic carbocycles. The Hall–Kier alpha value is -2.91. The molecule has 4 rings (SSSR count). The van der Waals surface area contributed by atoms with E-state index >= 15 is 0 Å². The number of hydrogen-bond donors (Lipinski definition) is 2. The van der Waals surface area contributed by atoms with Crippen LogP contribution in [0, 0.1) is 0 Å². The first kappa shape index (κ1) is 16.6. The average Bonchev–Trinajstić information content (AvgIpc) is 3.10. The molecule has 0 bridgehead atoms. The number of amides is 1. The number of nitrogens with two attached hydrogens (primary N) is 1. The van der Waals surface area contributed by atoms with Crippen LogP contribution in [0.2, 0.25) is 0 Å². The fraction of sp³-hybridized carbons (Fsp3) is 0.174. The van der Waals surface area contributed by atoms with Gasteiger partial charge in [0.25, 0.3) is 0 Å². The maximum atomic E-state index is 12.6. The highest BCUT2D eigenvalue weighted by Crippen LogP contribution is 2.23. The second kappa shape index (κ2) is 7.14. The molecule has 0 aromatic heterocycles. The summed E-state index contributed by atoms with van der Waals surface area (Å²) in [7, 11) is 0. The van der Waals surface area contributed by atoms with Crippen molar-refractivity contribution in [2.45, 2.75) is 24.9 Å². The van der Waals surface area contributed by atoms with Gasteiger partial charge in [0, 0.05) is 6.04 Å². The molecule has 130 valence electrons. The summed E-state index contributed by atoms with van der Waals surface area (Å²) in [5.41, 5.74) is 11.9. The van der Waals surface area contributed by atoms with E-state index < -0.39 is 6.04 Å². The third-order valence-corrected chi connectivity index (χ3v) is 5.06. The molecule has 1 atom stereocenters. The molecule has 0 spiro atoms. The number of hydrogen-bond acceptors (Lipinski definition) is 2. The van der Waals surface area contributed by atoms with Gasteiger partial charge in [-0.1, -0.05) is 78.9 Å². The summed E-state index contributed by atoms with van der Waals surface area (Å²) >= 11 is 0. The molecular weight excluding hydrogens is 320 g/mol. The SMILES string of the molecule is NC(C(=O)NC1Cc2ccccc2C1)c1ccc(-c2ccccc2)cc1. The molecule has 3 heteroatoms.